The van der Waals surface area contributed by atoms with Crippen LogP contribution in [-0.4, -0.2) is 10.8 Å². The van der Waals surface area contributed by atoms with E-state index in [1.54, 1.807) is 6.20 Å². The molecule has 1 atom stereocenters. The number of carbonyl (C=O) groups is 1. The maximum Gasteiger partial charge on any atom is 0.176 e. The smallest absolute Gasteiger partial charge is 0.176 e. The van der Waals surface area contributed by atoms with Crippen molar-refractivity contribution in [2.75, 3.05) is 0 Å². The quantitative estimate of drug-likeness (QED) is 0.470. The molecule has 0 amide bonds. The molecular weight excluding hydrogens is 385 g/mol. The molecule has 2 nitrogen and oxygen atoms in total. The SMILES string of the molecule is O=C(c1ccc(I)cc1)[C@@H](c1ccccc1)c1ccccn1. The molecule has 0 aliphatic carbocycles. The van der Waals surface area contributed by atoms with Gasteiger partial charge in [0.2, 0.25) is 0 Å². The van der Waals surface area contributed by atoms with E-state index in [1.807, 2.05) is 72.8 Å². The first-order chi connectivity index (χ1) is 10.8. The van der Waals surface area contributed by atoms with E-state index in [-0.39, 0.29) is 11.7 Å². The Morgan fingerprint density at radius 1 is 0.864 bits per heavy atom. The summed E-state index contributed by atoms with van der Waals surface area (Å²) in [4.78, 5) is 17.4. The Kier molecular flexibility index (Phi) is 4.63. The molecule has 22 heavy (non-hydrogen) atoms. The topological polar surface area (TPSA) is 30.0 Å². The number of hydrogen-bond donors (Lipinski definition) is 0. The van der Waals surface area contributed by atoms with Gasteiger partial charge in [-0.25, -0.2) is 0 Å². The van der Waals surface area contributed by atoms with Crippen LogP contribution in [0.25, 0.3) is 0 Å². The first kappa shape index (κ1) is 14.9. The highest BCUT2D eigenvalue weighted by atomic mass is 127. The van der Waals surface area contributed by atoms with E-state index in [4.69, 9.17) is 0 Å². The van der Waals surface area contributed by atoms with Gasteiger partial charge in [-0.1, -0.05) is 48.5 Å². The van der Waals surface area contributed by atoms with Gasteiger partial charge in [-0.05, 0) is 52.4 Å². The third-order valence-electron chi connectivity index (χ3n) is 3.51. The molecule has 2 aromatic carbocycles. The van der Waals surface area contributed by atoms with E-state index >= 15 is 0 Å². The first-order valence-corrected chi connectivity index (χ1v) is 8.09. The lowest BCUT2D eigenvalue weighted by molar-refractivity contribution is 0.0972. The van der Waals surface area contributed by atoms with E-state index in [1.165, 1.54) is 0 Å². The number of benzene rings is 2. The molecule has 108 valence electrons. The van der Waals surface area contributed by atoms with Gasteiger partial charge < -0.3 is 0 Å². The number of pyridine rings is 1. The van der Waals surface area contributed by atoms with Gasteiger partial charge in [0.25, 0.3) is 0 Å². The summed E-state index contributed by atoms with van der Waals surface area (Å²) in [6, 6.07) is 23.2. The molecule has 0 spiro atoms. The number of ketones is 1. The zero-order valence-corrected chi connectivity index (χ0v) is 14.0. The molecule has 1 aromatic heterocycles. The molecule has 3 aromatic rings. The average molecular weight is 399 g/mol. The Morgan fingerprint density at radius 3 is 2.18 bits per heavy atom. The molecular formula is C19H14INO. The minimum absolute atomic E-state index is 0.0706. The van der Waals surface area contributed by atoms with Crippen LogP contribution in [0.15, 0.2) is 79.0 Å². The van der Waals surface area contributed by atoms with Gasteiger partial charge in [0.15, 0.2) is 5.78 Å². The van der Waals surface area contributed by atoms with Gasteiger partial charge in [-0.3, -0.25) is 9.78 Å². The Labute approximate surface area is 143 Å². The lowest BCUT2D eigenvalue weighted by atomic mass is 9.87. The minimum atomic E-state index is -0.373. The Balaban J connectivity index is 2.06. The van der Waals surface area contributed by atoms with Crippen LogP contribution in [0.4, 0.5) is 0 Å². The predicted molar refractivity (Wildman–Crippen MR) is 96.0 cm³/mol. The second-order valence-electron chi connectivity index (χ2n) is 4.97. The number of nitrogens with zero attached hydrogens (tertiary/aromatic N) is 1. The van der Waals surface area contributed by atoms with Crippen molar-refractivity contribution in [1.29, 1.82) is 0 Å². The Bertz CT molecular complexity index is 715. The van der Waals surface area contributed by atoms with E-state index < -0.39 is 0 Å². The number of hydrogen-bond acceptors (Lipinski definition) is 2. The molecule has 0 aliphatic rings. The molecule has 0 fully saturated rings. The number of carbonyl (C=O) groups excluding carboxylic acids is 1. The van der Waals surface area contributed by atoms with Crippen LogP contribution in [-0.2, 0) is 0 Å². The van der Waals surface area contributed by atoms with Crippen molar-refractivity contribution in [2.45, 2.75) is 5.92 Å². The lowest BCUT2D eigenvalue weighted by Gasteiger charge is -2.16. The van der Waals surface area contributed by atoms with Crippen molar-refractivity contribution in [1.82, 2.24) is 4.98 Å². The zero-order valence-electron chi connectivity index (χ0n) is 11.8. The third kappa shape index (κ3) is 3.25. The normalized spacial score (nSPS) is 11.9. The molecule has 1 heterocycles. The molecule has 0 bridgehead atoms. The highest BCUT2D eigenvalue weighted by Crippen LogP contribution is 2.27. The van der Waals surface area contributed by atoms with Crippen LogP contribution in [0.3, 0.4) is 0 Å². The first-order valence-electron chi connectivity index (χ1n) is 7.01. The van der Waals surface area contributed by atoms with Gasteiger partial charge in [-0.15, -0.1) is 0 Å². The summed E-state index contributed by atoms with van der Waals surface area (Å²) in [5.41, 5.74) is 2.45. The summed E-state index contributed by atoms with van der Waals surface area (Å²) in [5.74, 6) is -0.302. The number of halogens is 1. The standard InChI is InChI=1S/C19H14INO/c20-16-11-9-15(10-12-16)19(22)18(14-6-2-1-3-7-14)17-8-4-5-13-21-17/h1-13,18H/t18-/m0/s1. The fourth-order valence-electron chi connectivity index (χ4n) is 2.43. The number of aromatic nitrogens is 1. The maximum absolute atomic E-state index is 13.0. The van der Waals surface area contributed by atoms with E-state index in [0.717, 1.165) is 14.8 Å². The zero-order chi connectivity index (χ0) is 15.4. The summed E-state index contributed by atoms with van der Waals surface area (Å²) in [6.45, 7) is 0. The van der Waals surface area contributed by atoms with Crippen LogP contribution in [0.2, 0.25) is 0 Å². The van der Waals surface area contributed by atoms with Crippen molar-refractivity contribution in [3.05, 3.63) is 99.4 Å². The van der Waals surface area contributed by atoms with Gasteiger partial charge in [0.1, 0.15) is 0 Å². The highest BCUT2D eigenvalue weighted by Gasteiger charge is 2.24. The molecule has 0 N–H and O–H groups in total. The summed E-state index contributed by atoms with van der Waals surface area (Å²) in [7, 11) is 0. The molecule has 0 unspecified atom stereocenters. The predicted octanol–water partition coefficient (Wildman–Crippen LogP) is 4.70. The van der Waals surface area contributed by atoms with Gasteiger partial charge in [0.05, 0.1) is 11.6 Å². The van der Waals surface area contributed by atoms with Crippen molar-refractivity contribution in [3.63, 3.8) is 0 Å². The summed E-state index contributed by atoms with van der Waals surface area (Å²) in [6.07, 6.45) is 1.73. The van der Waals surface area contributed by atoms with Crippen LogP contribution in [0.1, 0.15) is 27.5 Å². The molecule has 0 saturated heterocycles. The van der Waals surface area contributed by atoms with Gasteiger partial charge in [-0.2, -0.15) is 0 Å². The maximum atomic E-state index is 13.0. The van der Waals surface area contributed by atoms with Crippen molar-refractivity contribution in [3.8, 4) is 0 Å². The Morgan fingerprint density at radius 2 is 1.55 bits per heavy atom. The van der Waals surface area contributed by atoms with Crippen molar-refractivity contribution >= 4 is 28.4 Å². The summed E-state index contributed by atoms with van der Waals surface area (Å²) in [5, 5.41) is 0. The van der Waals surface area contributed by atoms with Crippen LogP contribution in [0, 0.1) is 3.57 Å². The lowest BCUT2D eigenvalue weighted by Crippen LogP contribution is -2.15. The number of Topliss-reactive ketones (excluding diaryl/α,β-unsaturated/α-hetero) is 1. The summed E-state index contributed by atoms with van der Waals surface area (Å²) >= 11 is 2.24. The fourth-order valence-corrected chi connectivity index (χ4v) is 2.79. The monoisotopic (exact) mass is 399 g/mol. The molecule has 3 rings (SSSR count). The van der Waals surface area contributed by atoms with Crippen LogP contribution < -0.4 is 0 Å². The molecule has 0 radical (unpaired) electrons. The van der Waals surface area contributed by atoms with Gasteiger partial charge >= 0.3 is 0 Å². The van der Waals surface area contributed by atoms with Crippen LogP contribution in [0.5, 0.6) is 0 Å². The van der Waals surface area contributed by atoms with E-state index in [0.29, 0.717) is 5.56 Å². The Hall–Kier alpha value is -2.01. The van der Waals surface area contributed by atoms with E-state index in [9.17, 15) is 4.79 Å². The van der Waals surface area contributed by atoms with Crippen molar-refractivity contribution < 1.29 is 4.79 Å². The van der Waals surface area contributed by atoms with E-state index in [2.05, 4.69) is 27.6 Å². The number of rotatable bonds is 4. The molecule has 3 heteroatoms. The van der Waals surface area contributed by atoms with Crippen LogP contribution >= 0.6 is 22.6 Å². The molecule has 0 aliphatic heterocycles. The fraction of sp³-hybridized carbons (Fsp3) is 0.0526. The largest absolute Gasteiger partial charge is 0.293 e. The average Bonchev–Trinajstić information content (AvgIpc) is 2.57. The third-order valence-corrected chi connectivity index (χ3v) is 4.23. The molecule has 0 saturated carbocycles. The second kappa shape index (κ2) is 6.83. The highest BCUT2D eigenvalue weighted by molar-refractivity contribution is 14.1. The second-order valence-corrected chi connectivity index (χ2v) is 6.22. The van der Waals surface area contributed by atoms with Crippen molar-refractivity contribution in [2.24, 2.45) is 0 Å². The minimum Gasteiger partial charge on any atom is -0.293 e. The van der Waals surface area contributed by atoms with Gasteiger partial charge in [0, 0.05) is 15.3 Å². The summed E-state index contributed by atoms with van der Waals surface area (Å²) < 4.78 is 1.11.